The summed E-state index contributed by atoms with van der Waals surface area (Å²) in [5.41, 5.74) is 2.00. The summed E-state index contributed by atoms with van der Waals surface area (Å²) >= 11 is 0. The summed E-state index contributed by atoms with van der Waals surface area (Å²) in [5, 5.41) is 28.7. The number of aliphatic carboxylic acids is 1. The monoisotopic (exact) mass is 248 g/mol. The highest BCUT2D eigenvalue weighted by Crippen LogP contribution is 2.20. The van der Waals surface area contributed by atoms with E-state index in [2.05, 4.69) is 21.6 Å². The number of carboxylic acid groups (broad SMARTS) is 1. The van der Waals surface area contributed by atoms with E-state index in [-0.39, 0.29) is 5.82 Å². The number of hydrogen-bond acceptors (Lipinski definition) is 5. The number of nitrogens with one attached hydrogen (secondary N) is 1. The maximum Gasteiger partial charge on any atom is 0.325 e. The summed E-state index contributed by atoms with van der Waals surface area (Å²) in [5.74, 6) is -0.764. The molecule has 0 aromatic carbocycles. The molecule has 2 N–H and O–H groups in total. The maximum absolute atomic E-state index is 10.8. The van der Waals surface area contributed by atoms with E-state index in [9.17, 15) is 10.1 Å². The lowest BCUT2D eigenvalue weighted by atomic mass is 10.0. The van der Waals surface area contributed by atoms with Crippen LogP contribution in [0.3, 0.4) is 0 Å². The van der Waals surface area contributed by atoms with Gasteiger partial charge in [-0.25, -0.2) is 0 Å². The molecule has 96 valence electrons. The van der Waals surface area contributed by atoms with Crippen LogP contribution in [0.2, 0.25) is 0 Å². The number of anilines is 1. The second kappa shape index (κ2) is 5.96. The van der Waals surface area contributed by atoms with E-state index in [1.165, 1.54) is 6.92 Å². The fourth-order valence-electron chi connectivity index (χ4n) is 1.66. The van der Waals surface area contributed by atoms with Gasteiger partial charge in [0.05, 0.1) is 5.69 Å². The highest BCUT2D eigenvalue weighted by Gasteiger charge is 2.18. The Morgan fingerprint density at radius 2 is 2.11 bits per heavy atom. The second-order valence-electron chi connectivity index (χ2n) is 3.87. The molecule has 18 heavy (non-hydrogen) atoms. The van der Waals surface area contributed by atoms with E-state index in [0.29, 0.717) is 18.4 Å². The molecule has 1 aromatic heterocycles. The third-order valence-electron chi connectivity index (χ3n) is 2.68. The summed E-state index contributed by atoms with van der Waals surface area (Å²) in [6, 6.07) is 1.26. The number of aryl methyl sites for hydroxylation is 1. The molecule has 1 unspecified atom stereocenters. The molecule has 1 atom stereocenters. The molecule has 6 nitrogen and oxygen atoms in total. The van der Waals surface area contributed by atoms with Gasteiger partial charge < -0.3 is 10.4 Å². The van der Waals surface area contributed by atoms with Crippen molar-refractivity contribution >= 4 is 11.8 Å². The molecular formula is C12H16N4O2. The normalized spacial score (nSPS) is 11.7. The number of hydrogen-bond donors (Lipinski definition) is 2. The Kier molecular flexibility index (Phi) is 4.60. The first-order valence-corrected chi connectivity index (χ1v) is 5.82. The van der Waals surface area contributed by atoms with Crippen molar-refractivity contribution in [2.24, 2.45) is 0 Å². The molecule has 1 aromatic rings. The molecule has 0 aliphatic heterocycles. The molecule has 0 radical (unpaired) electrons. The van der Waals surface area contributed by atoms with Gasteiger partial charge in [-0.2, -0.15) is 10.4 Å². The number of aromatic nitrogens is 2. The van der Waals surface area contributed by atoms with Crippen LogP contribution >= 0.6 is 0 Å². The van der Waals surface area contributed by atoms with Crippen molar-refractivity contribution in [2.75, 3.05) is 5.32 Å². The average Bonchev–Trinajstić information content (AvgIpc) is 2.37. The van der Waals surface area contributed by atoms with Crippen molar-refractivity contribution < 1.29 is 9.90 Å². The van der Waals surface area contributed by atoms with Gasteiger partial charge in [-0.15, -0.1) is 5.10 Å². The minimum atomic E-state index is -1.00. The molecule has 0 saturated carbocycles. The topological polar surface area (TPSA) is 98.9 Å². The molecule has 1 rings (SSSR count). The fraction of sp³-hybridized carbons (Fsp3) is 0.500. The third kappa shape index (κ3) is 2.74. The first-order valence-electron chi connectivity index (χ1n) is 5.82. The number of nitrogens with zero attached hydrogens (tertiary/aromatic N) is 3. The van der Waals surface area contributed by atoms with Gasteiger partial charge in [0.25, 0.3) is 0 Å². The summed E-state index contributed by atoms with van der Waals surface area (Å²) in [6.45, 7) is 5.36. The zero-order valence-electron chi connectivity index (χ0n) is 10.7. The quantitative estimate of drug-likeness (QED) is 0.816. The van der Waals surface area contributed by atoms with Crippen LogP contribution in [0.4, 0.5) is 5.82 Å². The van der Waals surface area contributed by atoms with Crippen LogP contribution in [0.25, 0.3) is 0 Å². The zero-order valence-corrected chi connectivity index (χ0v) is 10.7. The number of rotatable bonds is 5. The van der Waals surface area contributed by atoms with E-state index in [1.807, 2.05) is 13.8 Å². The Bertz CT molecular complexity index is 494. The number of carbonyl (C=O) groups is 1. The molecule has 0 fully saturated rings. The van der Waals surface area contributed by atoms with Gasteiger partial charge in [0, 0.05) is 0 Å². The highest BCUT2D eigenvalue weighted by molar-refractivity contribution is 5.77. The lowest BCUT2D eigenvalue weighted by Gasteiger charge is -2.14. The summed E-state index contributed by atoms with van der Waals surface area (Å²) in [6.07, 6.45) is 1.36. The van der Waals surface area contributed by atoms with Crippen LogP contribution in [-0.4, -0.2) is 27.3 Å². The van der Waals surface area contributed by atoms with Crippen LogP contribution < -0.4 is 5.32 Å². The lowest BCUT2D eigenvalue weighted by Crippen LogP contribution is -2.27. The molecule has 0 saturated heterocycles. The first-order chi connectivity index (χ1) is 8.54. The number of carboxylic acids is 1. The minimum absolute atomic E-state index is 0.237. The third-order valence-corrected chi connectivity index (χ3v) is 2.68. The van der Waals surface area contributed by atoms with Crippen molar-refractivity contribution in [1.29, 1.82) is 5.26 Å². The summed E-state index contributed by atoms with van der Waals surface area (Å²) in [4.78, 5) is 10.8. The van der Waals surface area contributed by atoms with Crippen molar-refractivity contribution in [3.05, 3.63) is 16.8 Å². The Morgan fingerprint density at radius 3 is 2.56 bits per heavy atom. The lowest BCUT2D eigenvalue weighted by molar-refractivity contribution is -0.137. The van der Waals surface area contributed by atoms with Crippen LogP contribution in [0.15, 0.2) is 0 Å². The fourth-order valence-corrected chi connectivity index (χ4v) is 1.66. The SMILES string of the molecule is CCc1nnc(NC(C)C(=O)O)c(C#N)c1CC. The molecule has 0 spiro atoms. The molecule has 0 aliphatic rings. The summed E-state index contributed by atoms with van der Waals surface area (Å²) < 4.78 is 0. The Morgan fingerprint density at radius 1 is 1.44 bits per heavy atom. The molecule has 0 amide bonds. The Labute approximate surface area is 106 Å². The van der Waals surface area contributed by atoms with Crippen molar-refractivity contribution in [2.45, 2.75) is 39.7 Å². The first kappa shape index (κ1) is 13.9. The van der Waals surface area contributed by atoms with Gasteiger partial charge >= 0.3 is 5.97 Å². The largest absolute Gasteiger partial charge is 0.480 e. The van der Waals surface area contributed by atoms with E-state index >= 15 is 0 Å². The maximum atomic E-state index is 10.8. The molecular weight excluding hydrogens is 232 g/mol. The van der Waals surface area contributed by atoms with Gasteiger partial charge in [-0.1, -0.05) is 13.8 Å². The van der Waals surface area contributed by atoms with Crippen molar-refractivity contribution in [1.82, 2.24) is 10.2 Å². The van der Waals surface area contributed by atoms with Crippen LogP contribution in [0, 0.1) is 11.3 Å². The molecule has 0 bridgehead atoms. The van der Waals surface area contributed by atoms with E-state index in [4.69, 9.17) is 5.11 Å². The molecule has 1 heterocycles. The van der Waals surface area contributed by atoms with Crippen molar-refractivity contribution in [3.63, 3.8) is 0 Å². The van der Waals surface area contributed by atoms with Gasteiger partial charge in [0.15, 0.2) is 5.82 Å². The predicted molar refractivity (Wildman–Crippen MR) is 66.2 cm³/mol. The Hall–Kier alpha value is -2.16. The van der Waals surface area contributed by atoms with Crippen LogP contribution in [0.5, 0.6) is 0 Å². The van der Waals surface area contributed by atoms with Gasteiger partial charge in [-0.3, -0.25) is 4.79 Å². The molecule has 6 heteroatoms. The van der Waals surface area contributed by atoms with Gasteiger partial charge in [0.2, 0.25) is 0 Å². The van der Waals surface area contributed by atoms with E-state index in [1.54, 1.807) is 0 Å². The van der Waals surface area contributed by atoms with E-state index < -0.39 is 12.0 Å². The van der Waals surface area contributed by atoms with Crippen LogP contribution in [0.1, 0.15) is 37.6 Å². The van der Waals surface area contributed by atoms with Gasteiger partial charge in [0.1, 0.15) is 17.7 Å². The average molecular weight is 248 g/mol. The second-order valence-corrected chi connectivity index (χ2v) is 3.87. The standard InChI is InChI=1S/C12H16N4O2/c1-4-8-9(6-13)11(14-7(3)12(17)18)16-15-10(8)5-2/h7H,4-5H2,1-3H3,(H,14,16)(H,17,18). The summed E-state index contributed by atoms with van der Waals surface area (Å²) in [7, 11) is 0. The van der Waals surface area contributed by atoms with Crippen LogP contribution in [-0.2, 0) is 17.6 Å². The Balaban J connectivity index is 3.22. The molecule has 0 aliphatic carbocycles. The number of nitriles is 1. The highest BCUT2D eigenvalue weighted by atomic mass is 16.4. The smallest absolute Gasteiger partial charge is 0.325 e. The van der Waals surface area contributed by atoms with Gasteiger partial charge in [-0.05, 0) is 25.3 Å². The predicted octanol–water partition coefficient (Wildman–Crippen LogP) is 1.36. The van der Waals surface area contributed by atoms with E-state index in [0.717, 1.165) is 11.3 Å². The minimum Gasteiger partial charge on any atom is -0.480 e. The zero-order chi connectivity index (χ0) is 13.7. The van der Waals surface area contributed by atoms with Crippen molar-refractivity contribution in [3.8, 4) is 6.07 Å².